The molecule has 0 aliphatic heterocycles. The fourth-order valence-corrected chi connectivity index (χ4v) is 4.70. The first-order chi connectivity index (χ1) is 16.0. The highest BCUT2D eigenvalue weighted by atomic mass is 32.1. The molecule has 1 unspecified atom stereocenters. The number of rotatable bonds is 8. The van der Waals surface area contributed by atoms with E-state index < -0.39 is 0 Å². The SMILES string of the molecule is CCc1ccc(C(NCC(=O)Nc2c(C)n(C)n(-c3ccccc3)c2=O)c2cccs2)cc1. The van der Waals surface area contributed by atoms with Gasteiger partial charge < -0.3 is 5.32 Å². The molecule has 170 valence electrons. The predicted molar refractivity (Wildman–Crippen MR) is 134 cm³/mol. The second kappa shape index (κ2) is 10.0. The van der Waals surface area contributed by atoms with Crippen LogP contribution < -0.4 is 16.2 Å². The quantitative estimate of drug-likeness (QED) is 0.409. The number of aromatic nitrogens is 2. The molecule has 4 aromatic rings. The van der Waals surface area contributed by atoms with E-state index in [1.807, 2.05) is 55.7 Å². The maximum atomic E-state index is 13.1. The third-order valence-electron chi connectivity index (χ3n) is 5.83. The minimum atomic E-state index is -0.257. The first kappa shape index (κ1) is 22.8. The van der Waals surface area contributed by atoms with Crippen LogP contribution in [0.15, 0.2) is 76.9 Å². The molecule has 4 rings (SSSR count). The zero-order valence-corrected chi connectivity index (χ0v) is 19.9. The van der Waals surface area contributed by atoms with Crippen molar-refractivity contribution in [2.75, 3.05) is 11.9 Å². The number of hydrogen-bond donors (Lipinski definition) is 2. The third kappa shape index (κ3) is 4.84. The molecule has 6 nitrogen and oxygen atoms in total. The number of hydrogen-bond acceptors (Lipinski definition) is 4. The minimum absolute atomic E-state index is 0.0806. The highest BCUT2D eigenvalue weighted by Crippen LogP contribution is 2.26. The Hall–Kier alpha value is -3.42. The summed E-state index contributed by atoms with van der Waals surface area (Å²) in [6.45, 7) is 4.04. The van der Waals surface area contributed by atoms with Gasteiger partial charge in [-0.2, -0.15) is 0 Å². The Morgan fingerprint density at radius 3 is 2.39 bits per heavy atom. The van der Waals surface area contributed by atoms with Gasteiger partial charge in [0.15, 0.2) is 0 Å². The van der Waals surface area contributed by atoms with E-state index in [9.17, 15) is 9.59 Å². The predicted octanol–water partition coefficient (Wildman–Crippen LogP) is 4.43. The van der Waals surface area contributed by atoms with Crippen LogP contribution in [0.25, 0.3) is 5.69 Å². The van der Waals surface area contributed by atoms with Crippen molar-refractivity contribution in [1.82, 2.24) is 14.7 Å². The molecular weight excluding hydrogens is 432 g/mol. The van der Waals surface area contributed by atoms with Crippen molar-refractivity contribution in [1.29, 1.82) is 0 Å². The number of nitrogens with zero attached hydrogens (tertiary/aromatic N) is 2. The Morgan fingerprint density at radius 1 is 1.03 bits per heavy atom. The molecule has 0 saturated carbocycles. The maximum Gasteiger partial charge on any atom is 0.295 e. The van der Waals surface area contributed by atoms with Gasteiger partial charge in [-0.15, -0.1) is 11.3 Å². The van der Waals surface area contributed by atoms with Crippen molar-refractivity contribution in [3.63, 3.8) is 0 Å². The Bertz CT molecular complexity index is 1270. The lowest BCUT2D eigenvalue weighted by Crippen LogP contribution is -2.33. The van der Waals surface area contributed by atoms with Crippen LogP contribution in [-0.4, -0.2) is 21.8 Å². The first-order valence-corrected chi connectivity index (χ1v) is 11.9. The molecule has 0 saturated heterocycles. The lowest BCUT2D eigenvalue weighted by atomic mass is 10.0. The summed E-state index contributed by atoms with van der Waals surface area (Å²) in [4.78, 5) is 27.0. The van der Waals surface area contributed by atoms with E-state index >= 15 is 0 Å². The molecule has 0 radical (unpaired) electrons. The van der Waals surface area contributed by atoms with Crippen molar-refractivity contribution < 1.29 is 4.79 Å². The Kier molecular flexibility index (Phi) is 6.91. The fraction of sp³-hybridized carbons (Fsp3) is 0.231. The molecule has 0 aliphatic carbocycles. The van der Waals surface area contributed by atoms with E-state index in [0.717, 1.165) is 22.5 Å². The molecule has 2 N–H and O–H groups in total. The normalized spacial score (nSPS) is 12.0. The molecule has 0 aliphatic rings. The summed E-state index contributed by atoms with van der Waals surface area (Å²) in [7, 11) is 1.81. The summed E-state index contributed by atoms with van der Waals surface area (Å²) >= 11 is 1.65. The number of carbonyl (C=O) groups excluding carboxylic acids is 1. The summed E-state index contributed by atoms with van der Waals surface area (Å²) in [6.07, 6.45) is 0.983. The average molecular weight is 461 g/mol. The van der Waals surface area contributed by atoms with Gasteiger partial charge in [-0.3, -0.25) is 19.6 Å². The number of amides is 1. The largest absolute Gasteiger partial charge is 0.319 e. The summed E-state index contributed by atoms with van der Waals surface area (Å²) < 4.78 is 3.31. The van der Waals surface area contributed by atoms with E-state index in [4.69, 9.17) is 0 Å². The van der Waals surface area contributed by atoms with Crippen molar-refractivity contribution in [2.45, 2.75) is 26.3 Å². The molecule has 2 heterocycles. The van der Waals surface area contributed by atoms with Gasteiger partial charge in [0.05, 0.1) is 24.0 Å². The third-order valence-corrected chi connectivity index (χ3v) is 6.77. The van der Waals surface area contributed by atoms with Crippen LogP contribution in [0.4, 0.5) is 5.69 Å². The number of para-hydroxylation sites is 1. The van der Waals surface area contributed by atoms with Gasteiger partial charge in [0.25, 0.3) is 5.56 Å². The van der Waals surface area contributed by atoms with Crippen molar-refractivity contribution in [3.05, 3.63) is 104 Å². The summed E-state index contributed by atoms with van der Waals surface area (Å²) in [5, 5.41) is 8.23. The van der Waals surface area contributed by atoms with E-state index in [1.165, 1.54) is 5.56 Å². The number of carbonyl (C=O) groups is 1. The van der Waals surface area contributed by atoms with Crippen LogP contribution in [0, 0.1) is 6.92 Å². The highest BCUT2D eigenvalue weighted by molar-refractivity contribution is 7.10. The average Bonchev–Trinajstić information content (AvgIpc) is 3.44. The lowest BCUT2D eigenvalue weighted by molar-refractivity contribution is -0.115. The van der Waals surface area contributed by atoms with Gasteiger partial charge in [-0.1, -0.05) is 55.5 Å². The van der Waals surface area contributed by atoms with Crippen molar-refractivity contribution in [2.24, 2.45) is 7.05 Å². The molecule has 33 heavy (non-hydrogen) atoms. The van der Waals surface area contributed by atoms with Gasteiger partial charge in [0, 0.05) is 11.9 Å². The van der Waals surface area contributed by atoms with Crippen molar-refractivity contribution in [3.8, 4) is 5.69 Å². The molecule has 0 fully saturated rings. The molecular formula is C26H28N4O2S. The van der Waals surface area contributed by atoms with Gasteiger partial charge in [0.2, 0.25) is 5.91 Å². The number of anilines is 1. The first-order valence-electron chi connectivity index (χ1n) is 11.0. The smallest absolute Gasteiger partial charge is 0.295 e. The monoisotopic (exact) mass is 460 g/mol. The van der Waals surface area contributed by atoms with Crippen molar-refractivity contribution >= 4 is 22.9 Å². The van der Waals surface area contributed by atoms with E-state index in [1.54, 1.807) is 20.7 Å². The van der Waals surface area contributed by atoms with Gasteiger partial charge in [-0.05, 0) is 48.1 Å². The second-order valence-corrected chi connectivity index (χ2v) is 8.89. The zero-order chi connectivity index (χ0) is 23.4. The Labute approximate surface area is 197 Å². The van der Waals surface area contributed by atoms with E-state index in [-0.39, 0.29) is 24.1 Å². The van der Waals surface area contributed by atoms with Crippen LogP contribution >= 0.6 is 11.3 Å². The molecule has 0 bridgehead atoms. The molecule has 0 spiro atoms. The summed E-state index contributed by atoms with van der Waals surface area (Å²) in [5.74, 6) is -0.257. The molecule has 2 aromatic heterocycles. The lowest BCUT2D eigenvalue weighted by Gasteiger charge is -2.18. The van der Waals surface area contributed by atoms with Crippen LogP contribution in [0.1, 0.15) is 34.7 Å². The number of thiophene rings is 1. The van der Waals surface area contributed by atoms with Crippen LogP contribution in [-0.2, 0) is 18.3 Å². The maximum absolute atomic E-state index is 13.1. The number of nitrogens with one attached hydrogen (secondary N) is 2. The van der Waals surface area contributed by atoms with Crippen LogP contribution in [0.2, 0.25) is 0 Å². The van der Waals surface area contributed by atoms with Gasteiger partial charge in [0.1, 0.15) is 5.69 Å². The molecule has 1 amide bonds. The molecule has 1 atom stereocenters. The zero-order valence-electron chi connectivity index (χ0n) is 19.0. The fourth-order valence-electron chi connectivity index (χ4n) is 3.87. The molecule has 7 heteroatoms. The second-order valence-electron chi connectivity index (χ2n) is 7.91. The standard InChI is InChI=1S/C26H28N4O2S/c1-4-19-12-14-20(15-13-19)25(22-11-8-16-33-22)27-17-23(31)28-24-18(2)29(3)30(26(24)32)21-9-6-5-7-10-21/h5-16,25,27H,4,17H2,1-3H3,(H,28,31). The Balaban J connectivity index is 1.52. The van der Waals surface area contributed by atoms with Gasteiger partial charge in [-0.25, -0.2) is 4.68 Å². The number of aryl methyl sites for hydroxylation is 1. The van der Waals surface area contributed by atoms with E-state index in [2.05, 4.69) is 47.9 Å². The van der Waals surface area contributed by atoms with E-state index in [0.29, 0.717) is 11.4 Å². The van der Waals surface area contributed by atoms with Crippen LogP contribution in [0.5, 0.6) is 0 Å². The number of benzene rings is 2. The topological polar surface area (TPSA) is 68.1 Å². The summed E-state index contributed by atoms with van der Waals surface area (Å²) in [6, 6.07) is 21.8. The summed E-state index contributed by atoms with van der Waals surface area (Å²) in [5.41, 5.74) is 3.87. The van der Waals surface area contributed by atoms with Gasteiger partial charge >= 0.3 is 0 Å². The Morgan fingerprint density at radius 2 is 1.76 bits per heavy atom. The molecule has 2 aromatic carbocycles. The highest BCUT2D eigenvalue weighted by Gasteiger charge is 2.20. The van der Waals surface area contributed by atoms with Crippen LogP contribution in [0.3, 0.4) is 0 Å². The minimum Gasteiger partial charge on any atom is -0.319 e.